The maximum Gasteiger partial charge on any atom is 0.220 e. The molecule has 1 saturated heterocycles. The van der Waals surface area contributed by atoms with Crippen LogP contribution in [0, 0.1) is 0 Å². The third-order valence-electron chi connectivity index (χ3n) is 13.3. The molecule has 9 heteroatoms. The van der Waals surface area contributed by atoms with E-state index in [-0.39, 0.29) is 12.5 Å². The first kappa shape index (κ1) is 60.7. The van der Waals surface area contributed by atoms with Crippen LogP contribution in [0.15, 0.2) is 24.3 Å². The van der Waals surface area contributed by atoms with Crippen molar-refractivity contribution in [1.29, 1.82) is 0 Å². The molecule has 1 amide bonds. The van der Waals surface area contributed by atoms with Crippen LogP contribution in [-0.2, 0) is 14.3 Å². The van der Waals surface area contributed by atoms with E-state index in [1.54, 1.807) is 6.08 Å². The lowest BCUT2D eigenvalue weighted by atomic mass is 9.99. The zero-order valence-corrected chi connectivity index (χ0v) is 41.8. The Labute approximate surface area is 394 Å². The number of carbonyl (C=O) groups is 1. The molecule has 64 heavy (non-hydrogen) atoms. The van der Waals surface area contributed by atoms with Crippen LogP contribution >= 0.6 is 0 Å². The Bertz CT molecular complexity index is 1060. The number of ether oxygens (including phenoxy) is 2. The fourth-order valence-electron chi connectivity index (χ4n) is 8.88. The molecule has 0 spiro atoms. The van der Waals surface area contributed by atoms with Crippen LogP contribution in [0.4, 0.5) is 0 Å². The Balaban J connectivity index is 2.27. The van der Waals surface area contributed by atoms with Crippen LogP contribution in [0.2, 0.25) is 0 Å². The summed E-state index contributed by atoms with van der Waals surface area (Å²) >= 11 is 0. The molecular weight excluding hydrogens is 803 g/mol. The number of unbranched alkanes of at least 4 members (excludes halogenated alkanes) is 35. The first-order valence-electron chi connectivity index (χ1n) is 27.6. The largest absolute Gasteiger partial charge is 0.394 e. The average molecular weight is 908 g/mol. The molecule has 1 heterocycles. The van der Waals surface area contributed by atoms with Crippen molar-refractivity contribution in [2.24, 2.45) is 0 Å². The quantitative estimate of drug-likeness (QED) is 0.0261. The molecule has 0 radical (unpaired) electrons. The predicted molar refractivity (Wildman–Crippen MR) is 267 cm³/mol. The number of nitrogens with one attached hydrogen (secondary N) is 1. The first-order chi connectivity index (χ1) is 31.3. The highest BCUT2D eigenvalue weighted by molar-refractivity contribution is 5.76. The van der Waals surface area contributed by atoms with Crippen LogP contribution in [-0.4, -0.2) is 87.5 Å². The number of aliphatic hydroxyl groups is 5. The van der Waals surface area contributed by atoms with Crippen molar-refractivity contribution in [2.75, 3.05) is 13.2 Å². The van der Waals surface area contributed by atoms with Gasteiger partial charge in [0.15, 0.2) is 6.29 Å². The second-order valence-electron chi connectivity index (χ2n) is 19.4. The van der Waals surface area contributed by atoms with E-state index >= 15 is 0 Å². The van der Waals surface area contributed by atoms with Gasteiger partial charge in [-0.05, 0) is 32.1 Å². The molecular formula is C55H105NO8. The molecule has 1 aliphatic heterocycles. The van der Waals surface area contributed by atoms with Gasteiger partial charge in [0.1, 0.15) is 24.4 Å². The lowest BCUT2D eigenvalue weighted by Crippen LogP contribution is -2.60. The number of hydrogen-bond donors (Lipinski definition) is 6. The Morgan fingerprint density at radius 1 is 0.516 bits per heavy atom. The summed E-state index contributed by atoms with van der Waals surface area (Å²) in [7, 11) is 0. The number of carbonyl (C=O) groups excluding carboxylic acids is 1. The summed E-state index contributed by atoms with van der Waals surface area (Å²) < 4.78 is 11.2. The van der Waals surface area contributed by atoms with E-state index < -0.39 is 49.5 Å². The van der Waals surface area contributed by atoms with Gasteiger partial charge in [0.05, 0.1) is 25.4 Å². The van der Waals surface area contributed by atoms with E-state index in [1.807, 2.05) is 6.08 Å². The predicted octanol–water partition coefficient (Wildman–Crippen LogP) is 13.0. The molecule has 7 atom stereocenters. The smallest absolute Gasteiger partial charge is 0.220 e. The van der Waals surface area contributed by atoms with Gasteiger partial charge in [-0.25, -0.2) is 0 Å². The molecule has 1 fully saturated rings. The van der Waals surface area contributed by atoms with Crippen molar-refractivity contribution in [2.45, 2.75) is 307 Å². The van der Waals surface area contributed by atoms with Crippen molar-refractivity contribution in [3.05, 3.63) is 24.3 Å². The van der Waals surface area contributed by atoms with Crippen molar-refractivity contribution in [3.63, 3.8) is 0 Å². The molecule has 378 valence electrons. The van der Waals surface area contributed by atoms with E-state index in [2.05, 4.69) is 31.3 Å². The van der Waals surface area contributed by atoms with E-state index in [0.29, 0.717) is 6.42 Å². The number of hydrogen-bond acceptors (Lipinski definition) is 8. The third-order valence-corrected chi connectivity index (χ3v) is 13.3. The Morgan fingerprint density at radius 2 is 0.891 bits per heavy atom. The molecule has 7 unspecified atom stereocenters. The monoisotopic (exact) mass is 908 g/mol. The first-order valence-corrected chi connectivity index (χ1v) is 27.6. The number of aliphatic hydroxyl groups excluding tert-OH is 5. The van der Waals surface area contributed by atoms with Crippen LogP contribution < -0.4 is 5.32 Å². The van der Waals surface area contributed by atoms with Crippen molar-refractivity contribution < 1.29 is 39.8 Å². The van der Waals surface area contributed by atoms with Gasteiger partial charge in [-0.2, -0.15) is 0 Å². The molecule has 0 aliphatic carbocycles. The van der Waals surface area contributed by atoms with Crippen LogP contribution in [0.1, 0.15) is 264 Å². The minimum absolute atomic E-state index is 0.182. The summed E-state index contributed by atoms with van der Waals surface area (Å²) in [6.07, 6.45) is 49.5. The van der Waals surface area contributed by atoms with Crippen LogP contribution in [0.5, 0.6) is 0 Å². The van der Waals surface area contributed by atoms with Gasteiger partial charge >= 0.3 is 0 Å². The summed E-state index contributed by atoms with van der Waals surface area (Å²) in [6, 6.07) is -0.818. The maximum atomic E-state index is 13.0. The Kier molecular flexibility index (Phi) is 43.1. The van der Waals surface area contributed by atoms with Crippen molar-refractivity contribution in [1.82, 2.24) is 5.32 Å². The van der Waals surface area contributed by atoms with Crippen molar-refractivity contribution >= 4 is 5.91 Å². The molecule has 1 rings (SSSR count). The highest BCUT2D eigenvalue weighted by Crippen LogP contribution is 2.23. The maximum absolute atomic E-state index is 13.0. The number of allylic oxidation sites excluding steroid dienone is 3. The fraction of sp³-hybridized carbons (Fsp3) is 0.909. The van der Waals surface area contributed by atoms with E-state index in [1.165, 1.54) is 205 Å². The van der Waals surface area contributed by atoms with E-state index in [9.17, 15) is 30.3 Å². The molecule has 0 bridgehead atoms. The molecule has 0 aromatic rings. The van der Waals surface area contributed by atoms with Gasteiger partial charge in [0.2, 0.25) is 5.91 Å². The SMILES string of the molecule is CCCCCCCCCCCCCCCCCCC/C=C/CC/C=C/C(O)C(COC1OC(CO)C(O)C(O)C1O)NC(=O)CCCCCCCCCCCCCCCCCCCC. The minimum Gasteiger partial charge on any atom is -0.394 e. The normalized spacial score (nSPS) is 20.1. The Hall–Kier alpha value is -1.33. The number of amides is 1. The van der Waals surface area contributed by atoms with Gasteiger partial charge in [-0.15, -0.1) is 0 Å². The van der Waals surface area contributed by atoms with Gasteiger partial charge < -0.3 is 40.3 Å². The Morgan fingerprint density at radius 3 is 1.31 bits per heavy atom. The summed E-state index contributed by atoms with van der Waals surface area (Å²) in [5.41, 5.74) is 0. The van der Waals surface area contributed by atoms with Gasteiger partial charge in [0, 0.05) is 6.42 Å². The van der Waals surface area contributed by atoms with E-state index in [0.717, 1.165) is 38.5 Å². The molecule has 6 N–H and O–H groups in total. The third kappa shape index (κ3) is 34.9. The standard InChI is InChI=1S/C55H105NO8/c1-3-5-7-9-11-13-15-17-19-21-23-24-25-26-27-28-30-32-34-36-38-40-42-44-49(58)48(47-63-55-54(62)53(61)52(60)50(46-57)64-55)56-51(59)45-43-41-39-37-35-33-31-29-22-20-18-16-14-12-10-8-6-4-2/h34,36,42,44,48-50,52-55,57-58,60-62H,3-33,35,37-41,43,45-47H2,1-2H3,(H,56,59)/b36-34+,44-42+. The highest BCUT2D eigenvalue weighted by Gasteiger charge is 2.44. The fourth-order valence-corrected chi connectivity index (χ4v) is 8.88. The molecule has 0 saturated carbocycles. The molecule has 0 aromatic heterocycles. The molecule has 1 aliphatic rings. The zero-order chi connectivity index (χ0) is 46.6. The topological polar surface area (TPSA) is 149 Å². The molecule has 9 nitrogen and oxygen atoms in total. The van der Waals surface area contributed by atoms with Crippen LogP contribution in [0.25, 0.3) is 0 Å². The second-order valence-corrected chi connectivity index (χ2v) is 19.4. The van der Waals surface area contributed by atoms with Gasteiger partial charge in [-0.1, -0.05) is 250 Å². The summed E-state index contributed by atoms with van der Waals surface area (Å²) in [5, 5.41) is 54.4. The zero-order valence-electron chi connectivity index (χ0n) is 41.8. The van der Waals surface area contributed by atoms with Gasteiger partial charge in [-0.3, -0.25) is 4.79 Å². The lowest BCUT2D eigenvalue weighted by molar-refractivity contribution is -0.302. The average Bonchev–Trinajstić information content (AvgIpc) is 3.29. The highest BCUT2D eigenvalue weighted by atomic mass is 16.7. The summed E-state index contributed by atoms with van der Waals surface area (Å²) in [5.74, 6) is -0.182. The van der Waals surface area contributed by atoms with Crippen molar-refractivity contribution in [3.8, 4) is 0 Å². The number of rotatable bonds is 47. The summed E-state index contributed by atoms with van der Waals surface area (Å²) in [4.78, 5) is 13.0. The second kappa shape index (κ2) is 45.5. The minimum atomic E-state index is -1.57. The van der Waals surface area contributed by atoms with E-state index in [4.69, 9.17) is 9.47 Å². The van der Waals surface area contributed by atoms with Gasteiger partial charge in [0.25, 0.3) is 0 Å². The lowest BCUT2D eigenvalue weighted by Gasteiger charge is -2.40. The summed E-state index contributed by atoms with van der Waals surface area (Å²) in [6.45, 7) is 3.79. The van der Waals surface area contributed by atoms with Crippen LogP contribution in [0.3, 0.4) is 0 Å². The molecule has 0 aromatic carbocycles.